The van der Waals surface area contributed by atoms with Gasteiger partial charge < -0.3 is 14.7 Å². The summed E-state index contributed by atoms with van der Waals surface area (Å²) in [4.78, 5) is 27.6. The lowest BCUT2D eigenvalue weighted by atomic mass is 9.94. The maximum atomic E-state index is 13.0. The number of carbonyl (C=O) groups is 2. The number of amides is 1. The van der Waals surface area contributed by atoms with Crippen LogP contribution in [0.25, 0.3) is 5.76 Å². The summed E-state index contributed by atoms with van der Waals surface area (Å²) in [5.41, 5.74) is 2.57. The summed E-state index contributed by atoms with van der Waals surface area (Å²) in [5, 5.41) is 11.1. The minimum absolute atomic E-state index is 0.128. The Hall–Kier alpha value is -2.60. The molecule has 1 amide bonds. The number of aryl methyl sites for hydroxylation is 1. The molecule has 1 saturated heterocycles. The van der Waals surface area contributed by atoms with Gasteiger partial charge in [0.25, 0.3) is 11.7 Å². The lowest BCUT2D eigenvalue weighted by Crippen LogP contribution is -2.30. The van der Waals surface area contributed by atoms with Gasteiger partial charge in [-0.15, -0.1) is 0 Å². The smallest absolute Gasteiger partial charge is 0.295 e. The van der Waals surface area contributed by atoms with Crippen LogP contribution < -0.4 is 4.74 Å². The molecule has 1 heterocycles. The fourth-order valence-corrected chi connectivity index (χ4v) is 4.43. The first kappa shape index (κ1) is 23.1. The fourth-order valence-electron chi connectivity index (χ4n) is 3.89. The maximum Gasteiger partial charge on any atom is 0.295 e. The number of nitrogens with zero attached hydrogens (tertiary/aromatic N) is 1. The Labute approximate surface area is 191 Å². The second-order valence-electron chi connectivity index (χ2n) is 7.64. The van der Waals surface area contributed by atoms with Gasteiger partial charge in [-0.2, -0.15) is 0 Å². The molecule has 1 aliphatic heterocycles. The van der Waals surface area contributed by atoms with Crippen molar-refractivity contribution in [2.75, 3.05) is 13.7 Å². The van der Waals surface area contributed by atoms with Crippen LogP contribution in [0.4, 0.5) is 0 Å². The van der Waals surface area contributed by atoms with E-state index in [-0.39, 0.29) is 11.3 Å². The fraction of sp³-hybridized carbons (Fsp3) is 0.360. The van der Waals surface area contributed by atoms with Gasteiger partial charge in [0.15, 0.2) is 0 Å². The number of rotatable bonds is 8. The first-order valence-corrected chi connectivity index (χ1v) is 11.4. The van der Waals surface area contributed by atoms with E-state index in [1.807, 2.05) is 24.3 Å². The zero-order valence-electron chi connectivity index (χ0n) is 18.2. The number of aliphatic hydroxyl groups is 1. The SMILES string of the molecule is CCCCCN1C(=O)C(=O)/C(=C(\O)c2ccc(OC)c(Br)c2)C1c1ccc(CC)cc1. The Morgan fingerprint density at radius 1 is 1.10 bits per heavy atom. The van der Waals surface area contributed by atoms with Crippen molar-refractivity contribution < 1.29 is 19.4 Å². The molecule has 1 unspecified atom stereocenters. The van der Waals surface area contributed by atoms with Crippen molar-refractivity contribution in [3.8, 4) is 5.75 Å². The predicted octanol–water partition coefficient (Wildman–Crippen LogP) is 5.63. The van der Waals surface area contributed by atoms with E-state index in [0.717, 1.165) is 31.2 Å². The van der Waals surface area contributed by atoms with Crippen molar-refractivity contribution in [2.24, 2.45) is 0 Å². The van der Waals surface area contributed by atoms with Crippen LogP contribution in [0.2, 0.25) is 0 Å². The molecule has 0 spiro atoms. The molecule has 1 aliphatic rings. The molecule has 5 nitrogen and oxygen atoms in total. The molecular weight excluding hydrogens is 458 g/mol. The molecule has 1 fully saturated rings. The summed E-state index contributed by atoms with van der Waals surface area (Å²) in [6.07, 6.45) is 3.69. The molecular formula is C25H28BrNO4. The molecule has 0 saturated carbocycles. The van der Waals surface area contributed by atoms with Gasteiger partial charge in [0.1, 0.15) is 11.5 Å². The monoisotopic (exact) mass is 485 g/mol. The summed E-state index contributed by atoms with van der Waals surface area (Å²) in [6, 6.07) is 12.4. The number of benzene rings is 2. The number of Topliss-reactive ketones (excluding diaryl/α,β-unsaturated/α-hetero) is 1. The highest BCUT2D eigenvalue weighted by Crippen LogP contribution is 2.40. The van der Waals surface area contributed by atoms with E-state index in [1.165, 1.54) is 5.56 Å². The Morgan fingerprint density at radius 3 is 2.39 bits per heavy atom. The van der Waals surface area contributed by atoms with Gasteiger partial charge in [0, 0.05) is 12.1 Å². The van der Waals surface area contributed by atoms with Crippen LogP contribution in [-0.4, -0.2) is 35.4 Å². The largest absolute Gasteiger partial charge is 0.507 e. The first-order valence-electron chi connectivity index (χ1n) is 10.6. The lowest BCUT2D eigenvalue weighted by molar-refractivity contribution is -0.139. The zero-order valence-corrected chi connectivity index (χ0v) is 19.7. The number of methoxy groups -OCH3 is 1. The van der Waals surface area contributed by atoms with Crippen molar-refractivity contribution in [3.05, 3.63) is 69.2 Å². The Balaban J connectivity index is 2.11. The molecule has 1 N–H and O–H groups in total. The molecule has 2 aromatic carbocycles. The summed E-state index contributed by atoms with van der Waals surface area (Å²) >= 11 is 3.42. The minimum Gasteiger partial charge on any atom is -0.507 e. The van der Waals surface area contributed by atoms with E-state index in [1.54, 1.807) is 30.2 Å². The molecule has 6 heteroatoms. The van der Waals surface area contributed by atoms with Gasteiger partial charge in [0.05, 0.1) is 23.2 Å². The third-order valence-corrected chi connectivity index (χ3v) is 6.29. The number of halogens is 1. The summed E-state index contributed by atoms with van der Waals surface area (Å²) in [6.45, 7) is 4.64. The Bertz CT molecular complexity index is 997. The molecule has 164 valence electrons. The first-order chi connectivity index (χ1) is 14.9. The van der Waals surface area contributed by atoms with Crippen molar-refractivity contribution in [1.29, 1.82) is 0 Å². The van der Waals surface area contributed by atoms with E-state index < -0.39 is 17.7 Å². The summed E-state index contributed by atoms with van der Waals surface area (Å²) < 4.78 is 5.91. The van der Waals surface area contributed by atoms with E-state index in [2.05, 4.69) is 29.8 Å². The maximum absolute atomic E-state index is 13.0. The Kier molecular flexibility index (Phi) is 7.55. The molecule has 0 aliphatic carbocycles. The number of unbranched alkanes of at least 4 members (excludes halogenated alkanes) is 2. The Morgan fingerprint density at radius 2 is 1.81 bits per heavy atom. The second kappa shape index (κ2) is 10.1. The van der Waals surface area contributed by atoms with Gasteiger partial charge in [-0.25, -0.2) is 0 Å². The molecule has 0 aromatic heterocycles. The highest BCUT2D eigenvalue weighted by molar-refractivity contribution is 9.10. The number of hydrogen-bond donors (Lipinski definition) is 1. The zero-order chi connectivity index (χ0) is 22.5. The van der Waals surface area contributed by atoms with E-state index in [4.69, 9.17) is 4.74 Å². The summed E-state index contributed by atoms with van der Waals surface area (Å²) in [5.74, 6) is -0.771. The van der Waals surface area contributed by atoms with Crippen LogP contribution in [0.1, 0.15) is 55.8 Å². The second-order valence-corrected chi connectivity index (χ2v) is 8.50. The number of ketones is 1. The highest BCUT2D eigenvalue weighted by atomic mass is 79.9. The molecule has 2 aromatic rings. The van der Waals surface area contributed by atoms with Crippen LogP contribution in [-0.2, 0) is 16.0 Å². The van der Waals surface area contributed by atoms with E-state index in [0.29, 0.717) is 22.3 Å². The minimum atomic E-state index is -0.648. The van der Waals surface area contributed by atoms with Gasteiger partial charge in [-0.1, -0.05) is 51.0 Å². The number of likely N-dealkylation sites (tertiary alicyclic amines) is 1. The van der Waals surface area contributed by atoms with Crippen LogP contribution in [0.3, 0.4) is 0 Å². The number of carbonyl (C=O) groups excluding carboxylic acids is 2. The quantitative estimate of drug-likeness (QED) is 0.227. The van der Waals surface area contributed by atoms with Crippen molar-refractivity contribution in [2.45, 2.75) is 45.6 Å². The van der Waals surface area contributed by atoms with Crippen molar-refractivity contribution >= 4 is 33.4 Å². The number of aliphatic hydroxyl groups excluding tert-OH is 1. The number of hydrogen-bond acceptors (Lipinski definition) is 4. The van der Waals surface area contributed by atoms with Crippen LogP contribution in [0, 0.1) is 0 Å². The third kappa shape index (κ3) is 4.69. The van der Waals surface area contributed by atoms with Crippen LogP contribution >= 0.6 is 15.9 Å². The van der Waals surface area contributed by atoms with Crippen LogP contribution in [0.5, 0.6) is 5.75 Å². The highest BCUT2D eigenvalue weighted by Gasteiger charge is 2.45. The van der Waals surface area contributed by atoms with Crippen molar-refractivity contribution in [3.63, 3.8) is 0 Å². The van der Waals surface area contributed by atoms with Gasteiger partial charge in [-0.3, -0.25) is 9.59 Å². The van der Waals surface area contributed by atoms with Gasteiger partial charge in [0.2, 0.25) is 0 Å². The summed E-state index contributed by atoms with van der Waals surface area (Å²) in [7, 11) is 1.56. The lowest BCUT2D eigenvalue weighted by Gasteiger charge is -2.25. The molecule has 3 rings (SSSR count). The van der Waals surface area contributed by atoms with E-state index in [9.17, 15) is 14.7 Å². The topological polar surface area (TPSA) is 66.8 Å². The molecule has 1 atom stereocenters. The molecule has 0 bridgehead atoms. The number of ether oxygens (including phenoxy) is 1. The standard InChI is InChI=1S/C25H28BrNO4/c1-4-6-7-14-27-22(17-10-8-16(5-2)9-11-17)21(24(29)25(27)30)23(28)18-12-13-20(31-3)19(26)15-18/h8-13,15,22,28H,4-7,14H2,1-3H3/b23-21-. The van der Waals surface area contributed by atoms with Crippen molar-refractivity contribution in [1.82, 2.24) is 4.90 Å². The third-order valence-electron chi connectivity index (χ3n) is 5.67. The van der Waals surface area contributed by atoms with Gasteiger partial charge >= 0.3 is 0 Å². The van der Waals surface area contributed by atoms with Gasteiger partial charge in [-0.05, 0) is 58.1 Å². The predicted molar refractivity (Wildman–Crippen MR) is 125 cm³/mol. The van der Waals surface area contributed by atoms with Crippen LogP contribution in [0.15, 0.2) is 52.5 Å². The molecule has 31 heavy (non-hydrogen) atoms. The average Bonchev–Trinajstić information content (AvgIpc) is 3.03. The normalized spacial score (nSPS) is 17.9. The average molecular weight is 486 g/mol. The van der Waals surface area contributed by atoms with E-state index >= 15 is 0 Å². The molecule has 0 radical (unpaired) electrons.